The quantitative estimate of drug-likeness (QED) is 0.811. The molecule has 0 radical (unpaired) electrons. The summed E-state index contributed by atoms with van der Waals surface area (Å²) in [4.78, 5) is 26.9. The lowest BCUT2D eigenvalue weighted by molar-refractivity contribution is 0.0814. The van der Waals surface area contributed by atoms with Crippen molar-refractivity contribution in [1.82, 2.24) is 4.90 Å². The fourth-order valence-corrected chi connectivity index (χ4v) is 2.94. The van der Waals surface area contributed by atoms with Gasteiger partial charge in [-0.1, -0.05) is 38.1 Å². The van der Waals surface area contributed by atoms with Crippen LogP contribution in [0.15, 0.2) is 28.7 Å². The summed E-state index contributed by atoms with van der Waals surface area (Å²) in [6.07, 6.45) is 0. The number of benzene rings is 1. The SMILES string of the molecule is CCN(CC)Cc1oc2c(c1C)C(=O)C(=O)c1ccccc1-2. The fourth-order valence-electron chi connectivity index (χ4n) is 2.94. The molecular formula is C18H19NO3. The first-order valence-corrected chi connectivity index (χ1v) is 7.61. The van der Waals surface area contributed by atoms with E-state index < -0.39 is 11.6 Å². The van der Waals surface area contributed by atoms with Gasteiger partial charge in [-0.3, -0.25) is 14.5 Å². The third kappa shape index (κ3) is 2.11. The predicted molar refractivity (Wildman–Crippen MR) is 84.2 cm³/mol. The number of carbonyl (C=O) groups is 2. The van der Waals surface area contributed by atoms with Crippen LogP contribution in [-0.4, -0.2) is 29.6 Å². The Morgan fingerprint density at radius 2 is 1.64 bits per heavy atom. The maximum absolute atomic E-state index is 12.4. The zero-order valence-electron chi connectivity index (χ0n) is 13.1. The van der Waals surface area contributed by atoms with Crippen molar-refractivity contribution < 1.29 is 14.0 Å². The van der Waals surface area contributed by atoms with Crippen LogP contribution < -0.4 is 0 Å². The molecule has 0 amide bonds. The van der Waals surface area contributed by atoms with Gasteiger partial charge in [0.1, 0.15) is 11.5 Å². The van der Waals surface area contributed by atoms with Crippen LogP contribution in [0.1, 0.15) is 45.9 Å². The highest BCUT2D eigenvalue weighted by molar-refractivity contribution is 6.53. The summed E-state index contributed by atoms with van der Waals surface area (Å²) in [5.41, 5.74) is 2.37. The smallest absolute Gasteiger partial charge is 0.237 e. The molecule has 3 rings (SSSR count). The number of carbonyl (C=O) groups excluding carboxylic acids is 2. The topological polar surface area (TPSA) is 50.5 Å². The third-order valence-electron chi connectivity index (χ3n) is 4.36. The Kier molecular flexibility index (Phi) is 3.71. The van der Waals surface area contributed by atoms with E-state index in [1.54, 1.807) is 12.1 Å². The summed E-state index contributed by atoms with van der Waals surface area (Å²) in [6, 6.07) is 7.14. The largest absolute Gasteiger partial charge is 0.459 e. The van der Waals surface area contributed by atoms with Crippen LogP contribution in [0.4, 0.5) is 0 Å². The number of nitrogens with zero attached hydrogens (tertiary/aromatic N) is 1. The molecule has 0 aliphatic heterocycles. The summed E-state index contributed by atoms with van der Waals surface area (Å²) >= 11 is 0. The van der Waals surface area contributed by atoms with Crippen molar-refractivity contribution in [3.8, 4) is 11.3 Å². The summed E-state index contributed by atoms with van der Waals surface area (Å²) in [6.45, 7) is 8.50. The van der Waals surface area contributed by atoms with Gasteiger partial charge < -0.3 is 4.42 Å². The number of rotatable bonds is 4. The van der Waals surface area contributed by atoms with Gasteiger partial charge in [0.25, 0.3) is 0 Å². The van der Waals surface area contributed by atoms with Gasteiger partial charge in [0.15, 0.2) is 0 Å². The zero-order chi connectivity index (χ0) is 15.9. The van der Waals surface area contributed by atoms with E-state index in [0.29, 0.717) is 23.4 Å². The molecule has 4 nitrogen and oxygen atoms in total. The Balaban J connectivity index is 2.14. The highest BCUT2D eigenvalue weighted by Gasteiger charge is 2.35. The first-order chi connectivity index (χ1) is 10.6. The fraction of sp³-hybridized carbons (Fsp3) is 0.333. The van der Waals surface area contributed by atoms with Crippen molar-refractivity contribution in [3.05, 3.63) is 46.7 Å². The molecule has 1 aliphatic rings. The van der Waals surface area contributed by atoms with E-state index in [0.717, 1.165) is 30.0 Å². The van der Waals surface area contributed by atoms with Gasteiger partial charge in [-0.15, -0.1) is 0 Å². The number of hydrogen-bond acceptors (Lipinski definition) is 4. The van der Waals surface area contributed by atoms with E-state index in [4.69, 9.17) is 4.42 Å². The summed E-state index contributed by atoms with van der Waals surface area (Å²) in [5.74, 6) is 0.411. The molecule has 4 heteroatoms. The summed E-state index contributed by atoms with van der Waals surface area (Å²) in [7, 11) is 0. The minimum absolute atomic E-state index is 0.433. The van der Waals surface area contributed by atoms with Crippen molar-refractivity contribution in [2.24, 2.45) is 0 Å². The molecule has 1 aromatic carbocycles. The molecular weight excluding hydrogens is 278 g/mol. The standard InChI is InChI=1S/C18H19NO3/c1-4-19(5-2)10-14-11(3)15-17(21)16(20)12-8-6-7-9-13(12)18(15)22-14/h6-9H,4-5,10H2,1-3H3. The van der Waals surface area contributed by atoms with E-state index in [-0.39, 0.29) is 0 Å². The highest BCUT2D eigenvalue weighted by atomic mass is 16.3. The lowest BCUT2D eigenvalue weighted by Gasteiger charge is -2.16. The van der Waals surface area contributed by atoms with Gasteiger partial charge in [-0.05, 0) is 20.0 Å². The molecule has 0 saturated heterocycles. The molecule has 0 bridgehead atoms. The Morgan fingerprint density at radius 3 is 2.27 bits per heavy atom. The Morgan fingerprint density at radius 1 is 1.00 bits per heavy atom. The summed E-state index contributed by atoms with van der Waals surface area (Å²) < 4.78 is 6.00. The maximum atomic E-state index is 12.4. The average molecular weight is 297 g/mol. The molecule has 0 saturated carbocycles. The maximum Gasteiger partial charge on any atom is 0.237 e. The second kappa shape index (κ2) is 5.54. The number of hydrogen-bond donors (Lipinski definition) is 0. The minimum Gasteiger partial charge on any atom is -0.459 e. The first-order valence-electron chi connectivity index (χ1n) is 7.61. The van der Waals surface area contributed by atoms with Crippen LogP contribution in [0.2, 0.25) is 0 Å². The van der Waals surface area contributed by atoms with Crippen molar-refractivity contribution in [2.45, 2.75) is 27.3 Å². The molecule has 1 aromatic heterocycles. The van der Waals surface area contributed by atoms with Crippen molar-refractivity contribution in [3.63, 3.8) is 0 Å². The molecule has 0 N–H and O–H groups in total. The van der Waals surface area contributed by atoms with Crippen LogP contribution in [-0.2, 0) is 6.54 Å². The number of ketones is 2. The normalized spacial score (nSPS) is 13.5. The van der Waals surface area contributed by atoms with E-state index in [1.165, 1.54) is 0 Å². The second-order valence-corrected chi connectivity index (χ2v) is 5.52. The molecule has 0 spiro atoms. The van der Waals surface area contributed by atoms with E-state index in [1.807, 2.05) is 19.1 Å². The summed E-state index contributed by atoms with van der Waals surface area (Å²) in [5, 5.41) is 0. The Hall–Kier alpha value is -2.20. The number of furan rings is 1. The van der Waals surface area contributed by atoms with Crippen LogP contribution in [0.3, 0.4) is 0 Å². The van der Waals surface area contributed by atoms with Crippen LogP contribution >= 0.6 is 0 Å². The molecule has 2 aromatic rings. The number of Topliss-reactive ketones (excluding diaryl/α,β-unsaturated/α-hetero) is 2. The van der Waals surface area contributed by atoms with Crippen molar-refractivity contribution in [2.75, 3.05) is 13.1 Å². The van der Waals surface area contributed by atoms with Crippen LogP contribution in [0.25, 0.3) is 11.3 Å². The minimum atomic E-state index is -0.458. The van der Waals surface area contributed by atoms with Gasteiger partial charge >= 0.3 is 0 Å². The zero-order valence-corrected chi connectivity index (χ0v) is 13.1. The van der Waals surface area contributed by atoms with E-state index >= 15 is 0 Å². The molecule has 0 unspecified atom stereocenters. The highest BCUT2D eigenvalue weighted by Crippen LogP contribution is 2.38. The van der Waals surface area contributed by atoms with Gasteiger partial charge in [0.05, 0.1) is 12.1 Å². The first kappa shape index (κ1) is 14.7. The lowest BCUT2D eigenvalue weighted by Crippen LogP contribution is -2.22. The van der Waals surface area contributed by atoms with Gasteiger partial charge in [0.2, 0.25) is 11.6 Å². The lowest BCUT2D eigenvalue weighted by atomic mass is 9.87. The van der Waals surface area contributed by atoms with Gasteiger partial charge in [-0.2, -0.15) is 0 Å². The Bertz CT molecular complexity index is 754. The molecule has 114 valence electrons. The van der Waals surface area contributed by atoms with E-state index in [2.05, 4.69) is 18.7 Å². The molecule has 0 atom stereocenters. The van der Waals surface area contributed by atoms with Gasteiger partial charge in [-0.25, -0.2) is 0 Å². The Labute approximate surface area is 129 Å². The second-order valence-electron chi connectivity index (χ2n) is 5.52. The van der Waals surface area contributed by atoms with Crippen molar-refractivity contribution >= 4 is 11.6 Å². The predicted octanol–water partition coefficient (Wildman–Crippen LogP) is 3.48. The molecule has 1 heterocycles. The monoisotopic (exact) mass is 297 g/mol. The average Bonchev–Trinajstić information content (AvgIpc) is 2.87. The van der Waals surface area contributed by atoms with Crippen LogP contribution in [0.5, 0.6) is 0 Å². The number of fused-ring (bicyclic) bond motifs is 3. The van der Waals surface area contributed by atoms with Crippen LogP contribution in [0, 0.1) is 6.92 Å². The van der Waals surface area contributed by atoms with Crippen molar-refractivity contribution in [1.29, 1.82) is 0 Å². The van der Waals surface area contributed by atoms with Gasteiger partial charge in [0, 0.05) is 16.7 Å². The molecule has 1 aliphatic carbocycles. The third-order valence-corrected chi connectivity index (χ3v) is 4.36. The molecule has 22 heavy (non-hydrogen) atoms. The molecule has 0 fully saturated rings. The van der Waals surface area contributed by atoms with E-state index in [9.17, 15) is 9.59 Å².